The van der Waals surface area contributed by atoms with Crippen LogP contribution in [0.4, 0.5) is 0 Å². The molecule has 2 aromatic rings. The SMILES string of the molecule is COc1ccc(OCC(=O)N2CCCC2c2ccc3c(c2)OCCCO3)c(C(N)=O)c1. The molecule has 0 saturated carbocycles. The van der Waals surface area contributed by atoms with Crippen LogP contribution in [0.3, 0.4) is 0 Å². The van der Waals surface area contributed by atoms with Crippen molar-refractivity contribution in [2.24, 2.45) is 5.73 Å². The number of amides is 2. The molecule has 4 rings (SSSR count). The van der Waals surface area contributed by atoms with Crippen LogP contribution in [-0.2, 0) is 4.79 Å². The van der Waals surface area contributed by atoms with Crippen LogP contribution in [0.5, 0.6) is 23.0 Å². The Labute approximate surface area is 180 Å². The molecule has 2 aliphatic heterocycles. The van der Waals surface area contributed by atoms with E-state index in [1.165, 1.54) is 13.2 Å². The maximum Gasteiger partial charge on any atom is 0.261 e. The first-order valence-electron chi connectivity index (χ1n) is 10.4. The summed E-state index contributed by atoms with van der Waals surface area (Å²) >= 11 is 0. The fourth-order valence-corrected chi connectivity index (χ4v) is 3.98. The molecule has 31 heavy (non-hydrogen) atoms. The molecule has 2 aromatic carbocycles. The van der Waals surface area contributed by atoms with Crippen LogP contribution in [-0.4, -0.2) is 50.2 Å². The minimum Gasteiger partial charge on any atom is -0.497 e. The molecular weight excluding hydrogens is 400 g/mol. The first kappa shape index (κ1) is 20.8. The van der Waals surface area contributed by atoms with Crippen molar-refractivity contribution in [3.8, 4) is 23.0 Å². The van der Waals surface area contributed by atoms with Gasteiger partial charge in [-0.15, -0.1) is 0 Å². The molecule has 1 unspecified atom stereocenters. The predicted octanol–water partition coefficient (Wildman–Crippen LogP) is 2.70. The Hall–Kier alpha value is -3.42. The van der Waals surface area contributed by atoms with E-state index in [1.807, 2.05) is 23.1 Å². The summed E-state index contributed by atoms with van der Waals surface area (Å²) in [5, 5.41) is 0. The number of nitrogens with zero attached hydrogens (tertiary/aromatic N) is 1. The second-order valence-corrected chi connectivity index (χ2v) is 7.52. The molecule has 0 aliphatic carbocycles. The highest BCUT2D eigenvalue weighted by molar-refractivity contribution is 5.96. The van der Waals surface area contributed by atoms with E-state index >= 15 is 0 Å². The Kier molecular flexibility index (Phi) is 6.16. The minimum absolute atomic E-state index is 0.0558. The van der Waals surface area contributed by atoms with Gasteiger partial charge in [-0.1, -0.05) is 6.07 Å². The van der Waals surface area contributed by atoms with Gasteiger partial charge in [-0.05, 0) is 48.7 Å². The first-order chi connectivity index (χ1) is 15.1. The van der Waals surface area contributed by atoms with Crippen LogP contribution in [0.1, 0.15) is 41.2 Å². The van der Waals surface area contributed by atoms with Crippen molar-refractivity contribution < 1.29 is 28.5 Å². The van der Waals surface area contributed by atoms with E-state index in [-0.39, 0.29) is 29.9 Å². The van der Waals surface area contributed by atoms with Crippen molar-refractivity contribution >= 4 is 11.8 Å². The van der Waals surface area contributed by atoms with E-state index in [0.29, 0.717) is 25.5 Å². The molecule has 0 aromatic heterocycles. The van der Waals surface area contributed by atoms with Gasteiger partial charge in [0, 0.05) is 13.0 Å². The molecule has 0 bridgehead atoms. The number of nitrogens with two attached hydrogens (primary N) is 1. The fraction of sp³-hybridized carbons (Fsp3) is 0.391. The number of rotatable bonds is 6. The third kappa shape index (κ3) is 4.52. The average Bonchev–Trinajstić information content (AvgIpc) is 3.16. The Bertz CT molecular complexity index is 977. The molecular formula is C23H26N2O6. The molecule has 0 spiro atoms. The normalized spacial score (nSPS) is 17.7. The van der Waals surface area contributed by atoms with Crippen molar-refractivity contribution in [3.63, 3.8) is 0 Å². The summed E-state index contributed by atoms with van der Waals surface area (Å²) in [5.74, 6) is 1.40. The van der Waals surface area contributed by atoms with E-state index in [2.05, 4.69) is 0 Å². The van der Waals surface area contributed by atoms with Crippen LogP contribution in [0.25, 0.3) is 0 Å². The minimum atomic E-state index is -0.646. The van der Waals surface area contributed by atoms with Crippen LogP contribution < -0.4 is 24.7 Å². The van der Waals surface area contributed by atoms with Crippen molar-refractivity contribution in [1.82, 2.24) is 4.90 Å². The van der Waals surface area contributed by atoms with E-state index in [9.17, 15) is 9.59 Å². The number of carbonyl (C=O) groups excluding carboxylic acids is 2. The highest BCUT2D eigenvalue weighted by Gasteiger charge is 2.31. The number of carbonyl (C=O) groups is 2. The largest absolute Gasteiger partial charge is 0.497 e. The number of fused-ring (bicyclic) bond motifs is 1. The van der Waals surface area contributed by atoms with Gasteiger partial charge in [0.05, 0.1) is 31.9 Å². The molecule has 1 atom stereocenters. The molecule has 1 fully saturated rings. The number of benzene rings is 2. The second kappa shape index (κ2) is 9.16. The Morgan fingerprint density at radius 3 is 2.68 bits per heavy atom. The third-order valence-electron chi connectivity index (χ3n) is 5.53. The number of likely N-dealkylation sites (tertiary alicyclic amines) is 1. The summed E-state index contributed by atoms with van der Waals surface area (Å²) < 4.78 is 22.3. The maximum absolute atomic E-state index is 13.0. The zero-order valence-electron chi connectivity index (χ0n) is 17.5. The van der Waals surface area contributed by atoms with Gasteiger partial charge in [-0.3, -0.25) is 9.59 Å². The molecule has 2 heterocycles. The molecule has 2 amide bonds. The standard InChI is InChI=1S/C23H26N2O6/c1-28-16-6-8-19(17(13-16)23(24)27)31-14-22(26)25-9-2-4-18(25)15-5-7-20-21(12-15)30-11-3-10-29-20/h5-8,12-13,18H,2-4,9-11,14H2,1H3,(H2,24,27). The number of methoxy groups -OCH3 is 1. The van der Waals surface area contributed by atoms with Gasteiger partial charge in [0.25, 0.3) is 11.8 Å². The third-order valence-corrected chi connectivity index (χ3v) is 5.53. The van der Waals surface area contributed by atoms with E-state index in [1.54, 1.807) is 12.1 Å². The first-order valence-corrected chi connectivity index (χ1v) is 10.4. The van der Waals surface area contributed by atoms with Crippen molar-refractivity contribution in [1.29, 1.82) is 0 Å². The Morgan fingerprint density at radius 2 is 1.90 bits per heavy atom. The molecule has 8 nitrogen and oxygen atoms in total. The van der Waals surface area contributed by atoms with E-state index < -0.39 is 5.91 Å². The van der Waals surface area contributed by atoms with Crippen molar-refractivity contribution in [2.45, 2.75) is 25.3 Å². The van der Waals surface area contributed by atoms with E-state index in [4.69, 9.17) is 24.7 Å². The number of hydrogen-bond acceptors (Lipinski definition) is 6. The van der Waals surface area contributed by atoms with E-state index in [0.717, 1.165) is 36.3 Å². The maximum atomic E-state index is 13.0. The van der Waals surface area contributed by atoms with Gasteiger partial charge in [0.15, 0.2) is 18.1 Å². The lowest BCUT2D eigenvalue weighted by atomic mass is 10.0. The summed E-state index contributed by atoms with van der Waals surface area (Å²) in [5.41, 5.74) is 6.63. The zero-order chi connectivity index (χ0) is 21.8. The van der Waals surface area contributed by atoms with Gasteiger partial charge >= 0.3 is 0 Å². The van der Waals surface area contributed by atoms with Crippen molar-refractivity contribution in [2.75, 3.05) is 33.5 Å². The molecule has 164 valence electrons. The number of primary amides is 1. The van der Waals surface area contributed by atoms with Gasteiger partial charge in [-0.25, -0.2) is 0 Å². The lowest BCUT2D eigenvalue weighted by molar-refractivity contribution is -0.134. The quantitative estimate of drug-likeness (QED) is 0.762. The van der Waals surface area contributed by atoms with Gasteiger partial charge in [0.2, 0.25) is 0 Å². The lowest BCUT2D eigenvalue weighted by Crippen LogP contribution is -2.34. The highest BCUT2D eigenvalue weighted by atomic mass is 16.5. The molecule has 1 saturated heterocycles. The smallest absolute Gasteiger partial charge is 0.261 e. The molecule has 0 radical (unpaired) electrons. The lowest BCUT2D eigenvalue weighted by Gasteiger charge is -2.26. The summed E-state index contributed by atoms with van der Waals surface area (Å²) in [6, 6.07) is 10.5. The van der Waals surface area contributed by atoms with Gasteiger partial charge in [-0.2, -0.15) is 0 Å². The molecule has 2 aliphatic rings. The summed E-state index contributed by atoms with van der Waals surface area (Å²) in [4.78, 5) is 26.5. The van der Waals surface area contributed by atoms with Crippen LogP contribution in [0, 0.1) is 0 Å². The average molecular weight is 426 g/mol. The monoisotopic (exact) mass is 426 g/mol. The van der Waals surface area contributed by atoms with Crippen LogP contribution in [0.2, 0.25) is 0 Å². The topological polar surface area (TPSA) is 100 Å². The number of ether oxygens (including phenoxy) is 4. The summed E-state index contributed by atoms with van der Waals surface area (Å²) in [6.45, 7) is 1.71. The van der Waals surface area contributed by atoms with Gasteiger partial charge < -0.3 is 29.6 Å². The highest BCUT2D eigenvalue weighted by Crippen LogP contribution is 2.38. The summed E-state index contributed by atoms with van der Waals surface area (Å²) in [7, 11) is 1.50. The number of hydrogen-bond donors (Lipinski definition) is 1. The van der Waals surface area contributed by atoms with Crippen molar-refractivity contribution in [3.05, 3.63) is 47.5 Å². The Balaban J connectivity index is 1.47. The molecule has 8 heteroatoms. The Morgan fingerprint density at radius 1 is 1.10 bits per heavy atom. The van der Waals surface area contributed by atoms with Crippen LogP contribution >= 0.6 is 0 Å². The van der Waals surface area contributed by atoms with Gasteiger partial charge in [0.1, 0.15) is 11.5 Å². The zero-order valence-corrected chi connectivity index (χ0v) is 17.5. The molecule has 2 N–H and O–H groups in total. The summed E-state index contributed by atoms with van der Waals surface area (Å²) in [6.07, 6.45) is 2.61. The van der Waals surface area contributed by atoms with Crippen LogP contribution in [0.15, 0.2) is 36.4 Å². The second-order valence-electron chi connectivity index (χ2n) is 7.52. The predicted molar refractivity (Wildman–Crippen MR) is 113 cm³/mol. The fourth-order valence-electron chi connectivity index (χ4n) is 3.98.